The van der Waals surface area contributed by atoms with Crippen LogP contribution < -0.4 is 9.64 Å². The summed E-state index contributed by atoms with van der Waals surface area (Å²) in [6.45, 7) is 3.22. The number of rotatable bonds is 4. The van der Waals surface area contributed by atoms with Gasteiger partial charge in [-0.3, -0.25) is 4.79 Å². The molecule has 1 atom stereocenters. The minimum absolute atomic E-state index is 0.0118. The lowest BCUT2D eigenvalue weighted by atomic mass is 10.1. The summed E-state index contributed by atoms with van der Waals surface area (Å²) in [6, 6.07) is 5.39. The second-order valence-electron chi connectivity index (χ2n) is 4.54. The molecule has 19 heavy (non-hydrogen) atoms. The van der Waals surface area contributed by atoms with E-state index in [0.29, 0.717) is 30.3 Å². The standard InChI is InChI=1S/C15H16ClNO2/c1-3-7-19-14-6-5-12(9-13(14)16)17-10-11(4-2)8-15(17)18/h2,5-6,9,11H,3,7-8,10H2,1H3. The van der Waals surface area contributed by atoms with Gasteiger partial charge in [0.1, 0.15) is 5.75 Å². The molecule has 1 saturated heterocycles. The van der Waals surface area contributed by atoms with E-state index in [1.807, 2.05) is 13.0 Å². The number of anilines is 1. The van der Waals surface area contributed by atoms with Crippen molar-refractivity contribution >= 4 is 23.2 Å². The SMILES string of the molecule is C#CC1CC(=O)N(c2ccc(OCCC)c(Cl)c2)C1. The first-order valence-corrected chi connectivity index (χ1v) is 6.72. The number of carbonyl (C=O) groups is 1. The number of benzene rings is 1. The fourth-order valence-corrected chi connectivity index (χ4v) is 2.28. The van der Waals surface area contributed by atoms with E-state index in [1.165, 1.54) is 0 Å². The first-order chi connectivity index (χ1) is 9.15. The Morgan fingerprint density at radius 2 is 2.37 bits per heavy atom. The van der Waals surface area contributed by atoms with Crippen molar-refractivity contribution in [1.29, 1.82) is 0 Å². The van der Waals surface area contributed by atoms with Crippen molar-refractivity contribution < 1.29 is 9.53 Å². The van der Waals surface area contributed by atoms with Gasteiger partial charge in [-0.15, -0.1) is 12.3 Å². The molecule has 0 spiro atoms. The number of nitrogens with zero attached hydrogens (tertiary/aromatic N) is 1. The van der Waals surface area contributed by atoms with Crippen molar-refractivity contribution in [3.63, 3.8) is 0 Å². The zero-order valence-corrected chi connectivity index (χ0v) is 11.6. The number of hydrogen-bond acceptors (Lipinski definition) is 2. The Morgan fingerprint density at radius 3 is 2.95 bits per heavy atom. The lowest BCUT2D eigenvalue weighted by Crippen LogP contribution is -2.24. The molecule has 0 aliphatic carbocycles. The zero-order chi connectivity index (χ0) is 13.8. The van der Waals surface area contributed by atoms with E-state index in [0.717, 1.165) is 12.1 Å². The molecular formula is C15H16ClNO2. The molecule has 1 unspecified atom stereocenters. The summed E-state index contributed by atoms with van der Waals surface area (Å²) < 4.78 is 5.50. The Labute approximate surface area is 118 Å². The molecule has 0 N–H and O–H groups in total. The van der Waals surface area contributed by atoms with E-state index in [9.17, 15) is 4.79 Å². The van der Waals surface area contributed by atoms with Crippen LogP contribution in [0.1, 0.15) is 19.8 Å². The Balaban J connectivity index is 2.16. The van der Waals surface area contributed by atoms with Crippen LogP contribution in [0.15, 0.2) is 18.2 Å². The van der Waals surface area contributed by atoms with E-state index in [2.05, 4.69) is 5.92 Å². The molecule has 0 bridgehead atoms. The average molecular weight is 278 g/mol. The third-order valence-electron chi connectivity index (χ3n) is 3.05. The van der Waals surface area contributed by atoms with Gasteiger partial charge in [-0.05, 0) is 24.6 Å². The summed E-state index contributed by atoms with van der Waals surface area (Å²) in [4.78, 5) is 13.5. The van der Waals surface area contributed by atoms with Crippen molar-refractivity contribution in [1.82, 2.24) is 0 Å². The zero-order valence-electron chi connectivity index (χ0n) is 10.9. The molecule has 1 aliphatic rings. The minimum atomic E-state index is -0.0118. The summed E-state index contributed by atoms with van der Waals surface area (Å²) in [5, 5.41) is 0.517. The number of ether oxygens (including phenoxy) is 1. The van der Waals surface area contributed by atoms with Crippen molar-refractivity contribution in [2.75, 3.05) is 18.1 Å². The topological polar surface area (TPSA) is 29.5 Å². The number of amides is 1. The second kappa shape index (κ2) is 5.99. The molecule has 0 saturated carbocycles. The molecule has 1 aromatic rings. The molecule has 0 aromatic heterocycles. The van der Waals surface area contributed by atoms with Gasteiger partial charge in [0, 0.05) is 24.6 Å². The normalized spacial score (nSPS) is 18.5. The molecular weight excluding hydrogens is 262 g/mol. The number of hydrogen-bond donors (Lipinski definition) is 0. The van der Waals surface area contributed by atoms with Gasteiger partial charge in [-0.1, -0.05) is 18.5 Å². The monoisotopic (exact) mass is 277 g/mol. The van der Waals surface area contributed by atoms with E-state index in [-0.39, 0.29) is 11.8 Å². The Kier molecular flexibility index (Phi) is 4.34. The smallest absolute Gasteiger partial charge is 0.228 e. The Bertz CT molecular complexity index is 521. The summed E-state index contributed by atoms with van der Waals surface area (Å²) in [5.74, 6) is 3.30. The summed E-state index contributed by atoms with van der Waals surface area (Å²) in [7, 11) is 0. The van der Waals surface area contributed by atoms with Crippen LogP contribution in [0.5, 0.6) is 5.75 Å². The van der Waals surface area contributed by atoms with Gasteiger partial charge >= 0.3 is 0 Å². The fourth-order valence-electron chi connectivity index (χ4n) is 2.06. The predicted octanol–water partition coefficient (Wildman–Crippen LogP) is 3.11. The minimum Gasteiger partial charge on any atom is -0.492 e. The maximum absolute atomic E-state index is 11.9. The lowest BCUT2D eigenvalue weighted by Gasteiger charge is -2.17. The van der Waals surface area contributed by atoms with Gasteiger partial charge in [-0.25, -0.2) is 0 Å². The van der Waals surface area contributed by atoms with Crippen molar-refractivity contribution in [3.8, 4) is 18.1 Å². The van der Waals surface area contributed by atoms with E-state index in [1.54, 1.807) is 17.0 Å². The molecule has 100 valence electrons. The van der Waals surface area contributed by atoms with Crippen LogP contribution in [0, 0.1) is 18.3 Å². The van der Waals surface area contributed by atoms with Crippen molar-refractivity contribution in [2.24, 2.45) is 5.92 Å². The Hall–Kier alpha value is -1.66. The van der Waals surface area contributed by atoms with Gasteiger partial charge in [0.05, 0.1) is 11.6 Å². The fraction of sp³-hybridized carbons (Fsp3) is 0.400. The van der Waals surface area contributed by atoms with Gasteiger partial charge in [0.25, 0.3) is 0 Å². The van der Waals surface area contributed by atoms with Crippen LogP contribution >= 0.6 is 11.6 Å². The van der Waals surface area contributed by atoms with Crippen LogP contribution in [0.4, 0.5) is 5.69 Å². The molecule has 1 amide bonds. The van der Waals surface area contributed by atoms with Crippen LogP contribution in [0.25, 0.3) is 0 Å². The summed E-state index contributed by atoms with van der Waals surface area (Å²) in [5.41, 5.74) is 0.775. The largest absolute Gasteiger partial charge is 0.492 e. The maximum Gasteiger partial charge on any atom is 0.228 e. The van der Waals surface area contributed by atoms with Crippen LogP contribution in [0.2, 0.25) is 5.02 Å². The lowest BCUT2D eigenvalue weighted by molar-refractivity contribution is -0.117. The van der Waals surface area contributed by atoms with Crippen LogP contribution in [0.3, 0.4) is 0 Å². The maximum atomic E-state index is 11.9. The molecule has 1 heterocycles. The first-order valence-electron chi connectivity index (χ1n) is 6.34. The third kappa shape index (κ3) is 3.02. The second-order valence-corrected chi connectivity index (χ2v) is 4.94. The number of halogens is 1. The summed E-state index contributed by atoms with van der Waals surface area (Å²) >= 11 is 6.16. The van der Waals surface area contributed by atoms with Gasteiger partial charge < -0.3 is 9.64 Å². The predicted molar refractivity (Wildman–Crippen MR) is 76.5 cm³/mol. The molecule has 1 fully saturated rings. The highest BCUT2D eigenvalue weighted by Gasteiger charge is 2.29. The van der Waals surface area contributed by atoms with Gasteiger partial charge in [-0.2, -0.15) is 0 Å². The van der Waals surface area contributed by atoms with Crippen molar-refractivity contribution in [2.45, 2.75) is 19.8 Å². The number of carbonyl (C=O) groups excluding carboxylic acids is 1. The summed E-state index contributed by atoms with van der Waals surface area (Å²) in [6.07, 6.45) is 6.70. The Morgan fingerprint density at radius 1 is 1.58 bits per heavy atom. The van der Waals surface area contributed by atoms with Gasteiger partial charge in [0.15, 0.2) is 0 Å². The quantitative estimate of drug-likeness (QED) is 0.792. The van der Waals surface area contributed by atoms with E-state index < -0.39 is 0 Å². The number of terminal acetylenes is 1. The van der Waals surface area contributed by atoms with E-state index >= 15 is 0 Å². The van der Waals surface area contributed by atoms with Gasteiger partial charge in [0.2, 0.25) is 5.91 Å². The average Bonchev–Trinajstić information content (AvgIpc) is 2.78. The molecule has 4 heteroatoms. The highest BCUT2D eigenvalue weighted by atomic mass is 35.5. The van der Waals surface area contributed by atoms with Crippen LogP contribution in [-0.4, -0.2) is 19.1 Å². The molecule has 1 aromatic carbocycles. The molecule has 3 nitrogen and oxygen atoms in total. The molecule has 1 aliphatic heterocycles. The first kappa shape index (κ1) is 13.8. The van der Waals surface area contributed by atoms with Crippen LogP contribution in [-0.2, 0) is 4.79 Å². The third-order valence-corrected chi connectivity index (χ3v) is 3.34. The highest BCUT2D eigenvalue weighted by Crippen LogP contribution is 2.32. The van der Waals surface area contributed by atoms with Crippen molar-refractivity contribution in [3.05, 3.63) is 23.2 Å². The van der Waals surface area contributed by atoms with E-state index in [4.69, 9.17) is 22.8 Å². The highest BCUT2D eigenvalue weighted by molar-refractivity contribution is 6.32. The molecule has 2 rings (SSSR count). The molecule has 0 radical (unpaired) electrons.